The largest absolute Gasteiger partial charge is 0.454 e. The average Bonchev–Trinajstić information content (AvgIpc) is 3.44. The van der Waals surface area contributed by atoms with Crippen LogP contribution in [0.4, 0.5) is 4.79 Å². The molecule has 8 nitrogen and oxygen atoms in total. The monoisotopic (exact) mass is 425 g/mol. The summed E-state index contributed by atoms with van der Waals surface area (Å²) in [5.41, 5.74) is 0.736. The molecule has 3 amide bonds. The predicted octanol–water partition coefficient (Wildman–Crippen LogP) is 3.69. The van der Waals surface area contributed by atoms with Gasteiger partial charge in [0.1, 0.15) is 5.54 Å². The highest BCUT2D eigenvalue weighted by atomic mass is 35.5. The summed E-state index contributed by atoms with van der Waals surface area (Å²) in [5, 5.41) is 7.22. The maximum Gasteiger partial charge on any atom is 0.325 e. The minimum Gasteiger partial charge on any atom is -0.454 e. The maximum atomic E-state index is 13.3. The molecule has 1 atom stereocenters. The molecule has 1 saturated heterocycles. The minimum atomic E-state index is -1.23. The number of nitrogens with one attached hydrogen (secondary N) is 1. The van der Waals surface area contributed by atoms with Crippen LogP contribution < -0.4 is 14.8 Å². The van der Waals surface area contributed by atoms with Crippen LogP contribution in [-0.2, 0) is 16.9 Å². The number of imide groups is 1. The Morgan fingerprint density at radius 1 is 1.13 bits per heavy atom. The second-order valence-corrected chi connectivity index (χ2v) is 7.64. The first-order chi connectivity index (χ1) is 14.5. The molecule has 0 saturated carbocycles. The number of amides is 3. The van der Waals surface area contributed by atoms with Crippen LogP contribution in [0.5, 0.6) is 11.5 Å². The number of hydrogen-bond donors (Lipinski definition) is 1. The molecule has 1 aromatic heterocycles. The summed E-state index contributed by atoms with van der Waals surface area (Å²) in [6.45, 7) is 1.81. The van der Waals surface area contributed by atoms with E-state index in [-0.39, 0.29) is 19.2 Å². The van der Waals surface area contributed by atoms with Crippen LogP contribution in [0.15, 0.2) is 53.2 Å². The average molecular weight is 426 g/mol. The lowest BCUT2D eigenvalue weighted by Crippen LogP contribution is -2.40. The third-order valence-corrected chi connectivity index (χ3v) is 5.56. The minimum absolute atomic E-state index is 0.0201. The molecule has 0 bridgehead atoms. The summed E-state index contributed by atoms with van der Waals surface area (Å²) in [4.78, 5) is 27.1. The Morgan fingerprint density at radius 2 is 1.90 bits per heavy atom. The molecule has 5 rings (SSSR count). The molecule has 30 heavy (non-hydrogen) atoms. The highest BCUT2D eigenvalue weighted by Crippen LogP contribution is 2.38. The van der Waals surface area contributed by atoms with E-state index >= 15 is 0 Å². The van der Waals surface area contributed by atoms with Crippen LogP contribution in [0.1, 0.15) is 18.1 Å². The zero-order valence-electron chi connectivity index (χ0n) is 15.8. The van der Waals surface area contributed by atoms with Gasteiger partial charge < -0.3 is 19.3 Å². The number of aromatic nitrogens is 1. The van der Waals surface area contributed by atoms with Crippen molar-refractivity contribution in [1.29, 1.82) is 0 Å². The van der Waals surface area contributed by atoms with Crippen molar-refractivity contribution in [2.24, 2.45) is 0 Å². The molecular formula is C21H16ClN3O5. The smallest absolute Gasteiger partial charge is 0.325 e. The highest BCUT2D eigenvalue weighted by molar-refractivity contribution is 6.30. The van der Waals surface area contributed by atoms with Gasteiger partial charge in [-0.1, -0.05) is 22.8 Å². The van der Waals surface area contributed by atoms with Crippen LogP contribution in [0.3, 0.4) is 0 Å². The zero-order chi connectivity index (χ0) is 20.9. The van der Waals surface area contributed by atoms with Crippen molar-refractivity contribution >= 4 is 23.5 Å². The molecule has 2 aromatic carbocycles. The van der Waals surface area contributed by atoms with Crippen molar-refractivity contribution in [2.75, 3.05) is 6.79 Å². The van der Waals surface area contributed by atoms with Gasteiger partial charge in [-0.25, -0.2) is 4.79 Å². The summed E-state index contributed by atoms with van der Waals surface area (Å²) in [6.07, 6.45) is 1.50. The first kappa shape index (κ1) is 18.5. The van der Waals surface area contributed by atoms with Gasteiger partial charge in [-0.05, 0) is 48.9 Å². The number of carbonyl (C=O) groups excluding carboxylic acids is 2. The molecule has 1 N–H and O–H groups in total. The molecule has 3 heterocycles. The second kappa shape index (κ2) is 6.77. The van der Waals surface area contributed by atoms with Gasteiger partial charge in [-0.15, -0.1) is 0 Å². The fraction of sp³-hybridized carbons (Fsp3) is 0.190. The third kappa shape index (κ3) is 2.88. The first-order valence-corrected chi connectivity index (χ1v) is 9.57. The lowest BCUT2D eigenvalue weighted by Gasteiger charge is -2.22. The molecule has 3 aromatic rings. The Balaban J connectivity index is 1.43. The SMILES string of the molecule is C[C@]1(c2ccc3c(c2)OCO3)NC(=O)N(Cc2cnoc2-c2ccc(Cl)cc2)C1=O. The summed E-state index contributed by atoms with van der Waals surface area (Å²) in [5.74, 6) is 1.24. The normalized spacial score (nSPS) is 20.0. The summed E-state index contributed by atoms with van der Waals surface area (Å²) >= 11 is 5.94. The van der Waals surface area contributed by atoms with E-state index in [0.29, 0.717) is 33.4 Å². The van der Waals surface area contributed by atoms with Gasteiger partial charge in [-0.2, -0.15) is 0 Å². The van der Waals surface area contributed by atoms with Gasteiger partial charge in [-0.3, -0.25) is 9.69 Å². The van der Waals surface area contributed by atoms with E-state index in [2.05, 4.69) is 10.5 Å². The predicted molar refractivity (Wildman–Crippen MR) is 106 cm³/mol. The lowest BCUT2D eigenvalue weighted by atomic mass is 9.91. The molecule has 1 fully saturated rings. The fourth-order valence-electron chi connectivity index (χ4n) is 3.63. The molecule has 2 aliphatic rings. The van der Waals surface area contributed by atoms with Gasteiger partial charge in [0.2, 0.25) is 6.79 Å². The lowest BCUT2D eigenvalue weighted by molar-refractivity contribution is -0.131. The van der Waals surface area contributed by atoms with Gasteiger partial charge in [0.25, 0.3) is 5.91 Å². The molecule has 2 aliphatic heterocycles. The summed E-state index contributed by atoms with van der Waals surface area (Å²) in [7, 11) is 0. The van der Waals surface area contributed by atoms with Crippen LogP contribution >= 0.6 is 11.6 Å². The van der Waals surface area contributed by atoms with Crippen LogP contribution in [0.2, 0.25) is 5.02 Å². The molecular weight excluding hydrogens is 410 g/mol. The number of benzene rings is 2. The van der Waals surface area contributed by atoms with E-state index in [0.717, 1.165) is 10.5 Å². The third-order valence-electron chi connectivity index (χ3n) is 5.30. The highest BCUT2D eigenvalue weighted by Gasteiger charge is 2.49. The van der Waals surface area contributed by atoms with Crippen molar-refractivity contribution in [3.05, 3.63) is 64.8 Å². The topological polar surface area (TPSA) is 93.9 Å². The van der Waals surface area contributed by atoms with Crippen molar-refractivity contribution in [3.8, 4) is 22.8 Å². The van der Waals surface area contributed by atoms with Crippen molar-refractivity contribution in [1.82, 2.24) is 15.4 Å². The van der Waals surface area contributed by atoms with Gasteiger partial charge in [0, 0.05) is 16.1 Å². The fourth-order valence-corrected chi connectivity index (χ4v) is 3.75. The number of fused-ring (bicyclic) bond motifs is 1. The Bertz CT molecular complexity index is 1160. The molecule has 0 unspecified atom stereocenters. The Morgan fingerprint density at radius 3 is 2.70 bits per heavy atom. The maximum absolute atomic E-state index is 13.3. The van der Waals surface area contributed by atoms with E-state index in [9.17, 15) is 9.59 Å². The van der Waals surface area contributed by atoms with Crippen molar-refractivity contribution in [3.63, 3.8) is 0 Å². The van der Waals surface area contributed by atoms with Crippen molar-refractivity contribution in [2.45, 2.75) is 19.0 Å². The van der Waals surface area contributed by atoms with Gasteiger partial charge in [0.15, 0.2) is 17.3 Å². The van der Waals surface area contributed by atoms with Crippen LogP contribution in [-0.4, -0.2) is 28.8 Å². The Kier molecular flexibility index (Phi) is 4.18. The molecule has 0 radical (unpaired) electrons. The van der Waals surface area contributed by atoms with E-state index in [1.165, 1.54) is 6.20 Å². The number of hydrogen-bond acceptors (Lipinski definition) is 6. The standard InChI is InChI=1S/C21H16ClN3O5/c1-21(14-4-7-16-17(8-14)29-11-28-16)19(26)25(20(27)24-21)10-13-9-23-30-18(13)12-2-5-15(22)6-3-12/h2-9H,10-11H2,1H3,(H,24,27)/t21-/m1/s1. The molecule has 0 aliphatic carbocycles. The Hall–Kier alpha value is -3.52. The van der Waals surface area contributed by atoms with E-state index < -0.39 is 11.6 Å². The number of ether oxygens (including phenoxy) is 2. The zero-order valence-corrected chi connectivity index (χ0v) is 16.6. The first-order valence-electron chi connectivity index (χ1n) is 9.19. The number of carbonyl (C=O) groups is 2. The van der Waals surface area contributed by atoms with Crippen molar-refractivity contribution < 1.29 is 23.6 Å². The van der Waals surface area contributed by atoms with E-state index in [1.54, 1.807) is 49.4 Å². The quantitative estimate of drug-likeness (QED) is 0.641. The Labute approximate surface area is 176 Å². The molecule has 0 spiro atoms. The number of nitrogens with zero attached hydrogens (tertiary/aromatic N) is 2. The van der Waals surface area contributed by atoms with Gasteiger partial charge >= 0.3 is 6.03 Å². The van der Waals surface area contributed by atoms with Crippen LogP contribution in [0, 0.1) is 0 Å². The van der Waals surface area contributed by atoms with Crippen LogP contribution in [0.25, 0.3) is 11.3 Å². The summed E-state index contributed by atoms with van der Waals surface area (Å²) < 4.78 is 16.1. The number of urea groups is 1. The van der Waals surface area contributed by atoms with Gasteiger partial charge in [0.05, 0.1) is 12.7 Å². The number of halogens is 1. The molecule has 152 valence electrons. The number of rotatable bonds is 4. The molecule has 9 heteroatoms. The van der Waals surface area contributed by atoms with E-state index in [4.69, 9.17) is 25.6 Å². The second-order valence-electron chi connectivity index (χ2n) is 7.20. The summed E-state index contributed by atoms with van der Waals surface area (Å²) in [6, 6.07) is 11.7. The van der Waals surface area contributed by atoms with E-state index in [1.807, 2.05) is 0 Å².